The predicted octanol–water partition coefficient (Wildman–Crippen LogP) is 26.9. The molecule has 2 amide bonds. The lowest BCUT2D eigenvalue weighted by molar-refractivity contribution is -0.138. The topological polar surface area (TPSA) is 136 Å². The van der Waals surface area contributed by atoms with E-state index >= 15 is 0 Å². The summed E-state index contributed by atoms with van der Waals surface area (Å²) in [5.74, 6) is -1.18. The predicted molar refractivity (Wildman–Crippen MR) is 413 cm³/mol. The minimum atomic E-state index is -0.671. The summed E-state index contributed by atoms with van der Waals surface area (Å²) in [6.45, 7) is 9.89. The van der Waals surface area contributed by atoms with E-state index in [9.17, 15) is 19.2 Å². The van der Waals surface area contributed by atoms with Crippen molar-refractivity contribution in [3.63, 3.8) is 0 Å². The van der Waals surface area contributed by atoms with Crippen LogP contribution in [0.1, 0.15) is 445 Å². The van der Waals surface area contributed by atoms with Gasteiger partial charge in [-0.05, 0) is 110 Å². The average molecular weight is 1320 g/mol. The van der Waals surface area contributed by atoms with Gasteiger partial charge < -0.3 is 25.7 Å². The largest absolute Gasteiger partial charge is 0.481 e. The fourth-order valence-electron chi connectivity index (χ4n) is 12.0. The summed E-state index contributed by atoms with van der Waals surface area (Å²) in [6.07, 6.45) is 97.7. The van der Waals surface area contributed by atoms with Gasteiger partial charge in [0.15, 0.2) is 0 Å². The Morgan fingerprint density at radius 3 is 0.691 bits per heavy atom. The first kappa shape index (κ1) is 95.0. The Bertz CT molecular complexity index is 1530. The van der Waals surface area contributed by atoms with E-state index in [1.165, 1.54) is 308 Å². The minimum Gasteiger partial charge on any atom is -0.481 e. The molecule has 0 bridgehead atoms. The molecule has 0 aliphatic heterocycles. The molecule has 0 aliphatic rings. The quantitative estimate of drug-likeness (QED) is 0.0270. The van der Waals surface area contributed by atoms with E-state index in [0.29, 0.717) is 25.7 Å². The molecule has 94 heavy (non-hydrogen) atoms. The van der Waals surface area contributed by atoms with Crippen molar-refractivity contribution in [3.05, 3.63) is 48.6 Å². The summed E-state index contributed by atoms with van der Waals surface area (Å²) in [7, 11) is 4.08. The molecule has 0 unspecified atom stereocenters. The zero-order valence-corrected chi connectivity index (χ0v) is 63.8. The van der Waals surface area contributed by atoms with Crippen molar-refractivity contribution in [1.29, 1.82) is 0 Å². The maximum Gasteiger partial charge on any atom is 0.303 e. The van der Waals surface area contributed by atoms with Gasteiger partial charge in [-0.3, -0.25) is 19.2 Å². The standard InChI is InChI=1S/C49H99N3O2.2C18H32O2/c1-5-7-9-11-13-15-17-19-21-23-25-27-29-31-33-35-37-39-41-43-48(53)50-47(45-46-52(3)4)51-49(54)44-42-40-38-36-34-32-30-28-26-24-22-20-18-16-14-12-10-8-6-2;2*1-2-3-4-5-6-7-8-9-10-11-12-13-14-15-16-17-18(19)20/h47H,5-46H2,1-4H3,(H,50,53)(H,51,54);2*6-7,9-10H,2-5,8,11-17H2,1H3,(H,19,20)/b;2*7-6-,10-9-. The number of hydrogen-bond acceptors (Lipinski definition) is 5. The summed E-state index contributed by atoms with van der Waals surface area (Å²) >= 11 is 0. The summed E-state index contributed by atoms with van der Waals surface area (Å²) in [5.41, 5.74) is 0. The second-order valence-electron chi connectivity index (χ2n) is 28.3. The van der Waals surface area contributed by atoms with Gasteiger partial charge in [0, 0.05) is 32.2 Å². The van der Waals surface area contributed by atoms with Crippen LogP contribution in [0.4, 0.5) is 0 Å². The van der Waals surface area contributed by atoms with Crippen LogP contribution < -0.4 is 10.6 Å². The number of carbonyl (C=O) groups is 4. The zero-order chi connectivity index (χ0) is 69.2. The molecule has 0 saturated heterocycles. The first-order valence-electron chi connectivity index (χ1n) is 41.3. The Hall–Kier alpha value is -3.20. The molecular weight excluding hydrogens is 1160 g/mol. The Balaban J connectivity index is -0.00000167. The van der Waals surface area contributed by atoms with E-state index in [-0.39, 0.29) is 18.0 Å². The lowest BCUT2D eigenvalue weighted by Crippen LogP contribution is -2.49. The summed E-state index contributed by atoms with van der Waals surface area (Å²) in [4.78, 5) is 48.2. The summed E-state index contributed by atoms with van der Waals surface area (Å²) in [5, 5.41) is 23.3. The Morgan fingerprint density at radius 1 is 0.277 bits per heavy atom. The Morgan fingerprint density at radius 2 is 0.468 bits per heavy atom. The highest BCUT2D eigenvalue weighted by molar-refractivity contribution is 5.79. The zero-order valence-electron chi connectivity index (χ0n) is 63.8. The van der Waals surface area contributed by atoms with Crippen LogP contribution in [-0.4, -0.2) is 65.7 Å². The van der Waals surface area contributed by atoms with E-state index in [4.69, 9.17) is 10.2 Å². The molecule has 0 saturated carbocycles. The number of rotatable bonds is 73. The molecule has 0 aromatic rings. The van der Waals surface area contributed by atoms with E-state index in [0.717, 1.165) is 90.0 Å². The molecule has 0 rings (SSSR count). The lowest BCUT2D eigenvalue weighted by atomic mass is 10.0. The van der Waals surface area contributed by atoms with E-state index in [2.05, 4.69) is 91.8 Å². The highest BCUT2D eigenvalue weighted by Gasteiger charge is 2.15. The molecule has 554 valence electrons. The van der Waals surface area contributed by atoms with Crippen molar-refractivity contribution in [2.24, 2.45) is 0 Å². The molecule has 0 spiro atoms. The second-order valence-corrected chi connectivity index (χ2v) is 28.3. The van der Waals surface area contributed by atoms with Gasteiger partial charge in [0.05, 0.1) is 0 Å². The highest BCUT2D eigenvalue weighted by Crippen LogP contribution is 2.18. The normalized spacial score (nSPS) is 11.6. The number of carboxylic acid groups (broad SMARTS) is 2. The van der Waals surface area contributed by atoms with Crippen LogP contribution in [0.15, 0.2) is 48.6 Å². The highest BCUT2D eigenvalue weighted by atomic mass is 16.4. The van der Waals surface area contributed by atoms with Gasteiger partial charge in [-0.1, -0.05) is 372 Å². The molecule has 0 heterocycles. The number of nitrogens with zero attached hydrogens (tertiary/aromatic N) is 1. The van der Waals surface area contributed by atoms with Crippen LogP contribution in [0.5, 0.6) is 0 Å². The second kappa shape index (κ2) is 85.9. The molecule has 0 fully saturated rings. The number of carboxylic acids is 2. The van der Waals surface area contributed by atoms with Crippen molar-refractivity contribution >= 4 is 23.8 Å². The molecule has 0 radical (unpaired) electrons. The molecule has 0 aromatic heterocycles. The number of aliphatic carboxylic acids is 2. The van der Waals surface area contributed by atoms with Crippen molar-refractivity contribution in [3.8, 4) is 0 Å². The third-order valence-electron chi connectivity index (χ3n) is 18.2. The van der Waals surface area contributed by atoms with Crippen molar-refractivity contribution in [1.82, 2.24) is 15.5 Å². The smallest absolute Gasteiger partial charge is 0.303 e. The van der Waals surface area contributed by atoms with Crippen molar-refractivity contribution in [2.75, 3.05) is 20.6 Å². The Labute approximate surface area is 586 Å². The maximum absolute atomic E-state index is 12.7. The van der Waals surface area contributed by atoms with Gasteiger partial charge in [0.2, 0.25) is 11.8 Å². The van der Waals surface area contributed by atoms with Crippen LogP contribution in [0.2, 0.25) is 0 Å². The molecule has 0 aromatic carbocycles. The number of nitrogens with one attached hydrogen (secondary N) is 2. The van der Waals surface area contributed by atoms with Crippen molar-refractivity contribution in [2.45, 2.75) is 451 Å². The molecule has 9 nitrogen and oxygen atoms in total. The van der Waals surface area contributed by atoms with Crippen LogP contribution in [0, 0.1) is 0 Å². The van der Waals surface area contributed by atoms with Gasteiger partial charge in [-0.25, -0.2) is 0 Å². The maximum atomic E-state index is 12.7. The third kappa shape index (κ3) is 93.0. The van der Waals surface area contributed by atoms with Gasteiger partial charge in [0.25, 0.3) is 0 Å². The SMILES string of the molecule is CCCCC/C=C\C/C=C\CCCCCCCC(=O)O.CCCCC/C=C\C/C=C\CCCCCCCC(=O)O.CCCCCCCCCCCCCCCCCCCCCC(=O)NC(CCN(C)C)NC(=O)CCCCCCCCCCCCCCCCCCCCC. The van der Waals surface area contributed by atoms with Crippen molar-refractivity contribution < 1.29 is 29.4 Å². The van der Waals surface area contributed by atoms with Gasteiger partial charge in [-0.15, -0.1) is 0 Å². The average Bonchev–Trinajstić information content (AvgIpc) is 3.72. The van der Waals surface area contributed by atoms with E-state index in [1.54, 1.807) is 0 Å². The lowest BCUT2D eigenvalue weighted by Gasteiger charge is -2.22. The van der Waals surface area contributed by atoms with Gasteiger partial charge in [-0.2, -0.15) is 0 Å². The fraction of sp³-hybridized carbons (Fsp3) is 0.859. The molecule has 0 aliphatic carbocycles. The van der Waals surface area contributed by atoms with Crippen LogP contribution in [0.25, 0.3) is 0 Å². The van der Waals surface area contributed by atoms with Gasteiger partial charge in [0.1, 0.15) is 6.17 Å². The molecule has 4 N–H and O–H groups in total. The first-order valence-corrected chi connectivity index (χ1v) is 41.3. The first-order chi connectivity index (χ1) is 46.0. The summed E-state index contributed by atoms with van der Waals surface area (Å²) in [6, 6.07) is 0. The fourth-order valence-corrected chi connectivity index (χ4v) is 12.0. The number of carbonyl (C=O) groups excluding carboxylic acids is 2. The number of allylic oxidation sites excluding steroid dienone is 8. The molecular formula is C85H163N3O6. The van der Waals surface area contributed by atoms with Crippen LogP contribution in [0.3, 0.4) is 0 Å². The number of amides is 2. The Kier molecular flexibility index (Phi) is 86.8. The molecule has 9 heteroatoms. The van der Waals surface area contributed by atoms with E-state index in [1.807, 2.05) is 14.1 Å². The molecule has 0 atom stereocenters. The third-order valence-corrected chi connectivity index (χ3v) is 18.2. The number of unbranched alkanes of at least 4 members (excludes halogenated alkanes) is 52. The monoisotopic (exact) mass is 1320 g/mol. The van der Waals surface area contributed by atoms with Crippen LogP contribution in [-0.2, 0) is 19.2 Å². The minimum absolute atomic E-state index is 0.0783. The van der Waals surface area contributed by atoms with Crippen LogP contribution >= 0.6 is 0 Å². The van der Waals surface area contributed by atoms with Gasteiger partial charge >= 0.3 is 11.9 Å². The summed E-state index contributed by atoms with van der Waals surface area (Å²) < 4.78 is 0. The van der Waals surface area contributed by atoms with E-state index < -0.39 is 11.9 Å². The number of hydrogen-bond donors (Lipinski definition) is 4.